The van der Waals surface area contributed by atoms with Gasteiger partial charge in [0.25, 0.3) is 0 Å². The van der Waals surface area contributed by atoms with Gasteiger partial charge in [-0.05, 0) is 66.6 Å². The lowest BCUT2D eigenvalue weighted by molar-refractivity contribution is -0.148. The highest BCUT2D eigenvalue weighted by Crippen LogP contribution is 2.28. The number of aromatic nitrogens is 2. The number of aliphatic carboxylic acids is 1. The summed E-state index contributed by atoms with van der Waals surface area (Å²) in [4.78, 5) is 25.2. The van der Waals surface area contributed by atoms with E-state index >= 15 is 0 Å². The number of nitrogens with one attached hydrogen (secondary N) is 1. The molecule has 1 aromatic heterocycles. The summed E-state index contributed by atoms with van der Waals surface area (Å²) in [6.07, 6.45) is 0.528. The molecule has 190 valence electrons. The predicted octanol–water partition coefficient (Wildman–Crippen LogP) is 5.13. The second kappa shape index (κ2) is 11.1. The molecular formula is C29H28FN3O4. The van der Waals surface area contributed by atoms with Crippen LogP contribution in [0.2, 0.25) is 0 Å². The van der Waals surface area contributed by atoms with Crippen LogP contribution in [-0.4, -0.2) is 33.9 Å². The van der Waals surface area contributed by atoms with Crippen LogP contribution in [0.4, 0.5) is 4.39 Å². The van der Waals surface area contributed by atoms with E-state index in [2.05, 4.69) is 5.32 Å². The Morgan fingerprint density at radius 3 is 2.30 bits per heavy atom. The van der Waals surface area contributed by atoms with Crippen molar-refractivity contribution >= 4 is 11.9 Å². The molecule has 37 heavy (non-hydrogen) atoms. The zero-order valence-electron chi connectivity index (χ0n) is 20.6. The highest BCUT2D eigenvalue weighted by atomic mass is 19.1. The Morgan fingerprint density at radius 2 is 1.70 bits per heavy atom. The molecule has 4 aromatic rings. The number of rotatable bonds is 10. The number of carbonyl (C=O) groups excluding carboxylic acids is 1. The SMILES string of the molecule is CC[C@](NC(=O)CCc1cc(-c2ccc(F)cc2)n(-c2ccc(OC)cc2)n1)(C(=O)O)c1ccccc1. The van der Waals surface area contributed by atoms with Crippen molar-refractivity contribution in [2.24, 2.45) is 0 Å². The van der Waals surface area contributed by atoms with Gasteiger partial charge in [-0.1, -0.05) is 37.3 Å². The van der Waals surface area contributed by atoms with Gasteiger partial charge in [-0.25, -0.2) is 13.9 Å². The Labute approximate surface area is 214 Å². The predicted molar refractivity (Wildman–Crippen MR) is 138 cm³/mol. The lowest BCUT2D eigenvalue weighted by Gasteiger charge is -2.30. The number of carboxylic acids is 1. The molecule has 0 spiro atoms. The number of hydrogen-bond donors (Lipinski definition) is 2. The van der Waals surface area contributed by atoms with E-state index < -0.39 is 17.4 Å². The third kappa shape index (κ3) is 5.53. The highest BCUT2D eigenvalue weighted by molar-refractivity contribution is 5.88. The maximum absolute atomic E-state index is 13.5. The van der Waals surface area contributed by atoms with E-state index in [9.17, 15) is 19.1 Å². The summed E-state index contributed by atoms with van der Waals surface area (Å²) in [5, 5.41) is 17.4. The van der Waals surface area contributed by atoms with Gasteiger partial charge in [0.1, 0.15) is 11.6 Å². The average molecular weight is 502 g/mol. The van der Waals surface area contributed by atoms with Crippen LogP contribution < -0.4 is 10.1 Å². The third-order valence-electron chi connectivity index (χ3n) is 6.34. The minimum absolute atomic E-state index is 0.0460. The molecule has 3 aromatic carbocycles. The van der Waals surface area contributed by atoms with E-state index in [1.165, 1.54) is 12.1 Å². The van der Waals surface area contributed by atoms with Gasteiger partial charge in [-0.2, -0.15) is 5.10 Å². The number of hydrogen-bond acceptors (Lipinski definition) is 4. The molecule has 1 heterocycles. The summed E-state index contributed by atoms with van der Waals surface area (Å²) in [7, 11) is 1.59. The quantitative estimate of drug-likeness (QED) is 0.314. The Morgan fingerprint density at radius 1 is 1.03 bits per heavy atom. The van der Waals surface area contributed by atoms with Crippen LogP contribution in [0.25, 0.3) is 16.9 Å². The molecule has 1 amide bonds. The molecule has 4 rings (SSSR count). The summed E-state index contributed by atoms with van der Waals surface area (Å²) in [6.45, 7) is 1.73. The van der Waals surface area contributed by atoms with Crippen molar-refractivity contribution in [3.63, 3.8) is 0 Å². The summed E-state index contributed by atoms with van der Waals surface area (Å²) in [5.41, 5.74) is 1.91. The summed E-state index contributed by atoms with van der Waals surface area (Å²) >= 11 is 0. The highest BCUT2D eigenvalue weighted by Gasteiger charge is 2.40. The molecule has 1 atom stereocenters. The minimum Gasteiger partial charge on any atom is -0.497 e. The first-order valence-electron chi connectivity index (χ1n) is 12.0. The molecule has 8 heteroatoms. The van der Waals surface area contributed by atoms with Crippen LogP contribution >= 0.6 is 0 Å². The van der Waals surface area contributed by atoms with Crippen molar-refractivity contribution in [3.8, 4) is 22.7 Å². The van der Waals surface area contributed by atoms with Crippen molar-refractivity contribution < 1.29 is 23.8 Å². The molecule has 0 saturated carbocycles. The molecule has 0 aliphatic carbocycles. The van der Waals surface area contributed by atoms with Gasteiger partial charge in [0, 0.05) is 18.4 Å². The van der Waals surface area contributed by atoms with Crippen LogP contribution in [0.3, 0.4) is 0 Å². The average Bonchev–Trinajstić information content (AvgIpc) is 3.35. The number of benzene rings is 3. The fourth-order valence-electron chi connectivity index (χ4n) is 4.26. The molecule has 2 N–H and O–H groups in total. The molecule has 0 radical (unpaired) electrons. The minimum atomic E-state index is -1.51. The van der Waals surface area contributed by atoms with Crippen molar-refractivity contribution in [1.29, 1.82) is 0 Å². The van der Waals surface area contributed by atoms with Gasteiger partial charge < -0.3 is 15.2 Å². The maximum Gasteiger partial charge on any atom is 0.334 e. The molecule has 0 fully saturated rings. The van der Waals surface area contributed by atoms with E-state index in [-0.39, 0.29) is 25.1 Å². The van der Waals surface area contributed by atoms with Crippen LogP contribution in [0.1, 0.15) is 31.0 Å². The first kappa shape index (κ1) is 25.6. The van der Waals surface area contributed by atoms with E-state index in [1.807, 2.05) is 30.3 Å². The van der Waals surface area contributed by atoms with Crippen LogP contribution in [0, 0.1) is 5.82 Å². The van der Waals surface area contributed by atoms with Crippen LogP contribution in [0.5, 0.6) is 5.75 Å². The Kier molecular flexibility index (Phi) is 7.67. The normalized spacial score (nSPS) is 12.5. The number of halogens is 1. The van der Waals surface area contributed by atoms with E-state index in [0.29, 0.717) is 17.0 Å². The van der Waals surface area contributed by atoms with Crippen molar-refractivity contribution in [2.45, 2.75) is 31.7 Å². The molecule has 0 bridgehead atoms. The van der Waals surface area contributed by atoms with Gasteiger partial charge in [0.05, 0.1) is 24.2 Å². The van der Waals surface area contributed by atoms with Gasteiger partial charge in [0.2, 0.25) is 5.91 Å². The van der Waals surface area contributed by atoms with Gasteiger partial charge >= 0.3 is 5.97 Å². The molecule has 7 nitrogen and oxygen atoms in total. The van der Waals surface area contributed by atoms with E-state index in [0.717, 1.165) is 16.9 Å². The number of aryl methyl sites for hydroxylation is 1. The molecular weight excluding hydrogens is 473 g/mol. The van der Waals surface area contributed by atoms with E-state index in [4.69, 9.17) is 9.84 Å². The van der Waals surface area contributed by atoms with Crippen LogP contribution in [-0.2, 0) is 21.5 Å². The number of carboxylic acid groups (broad SMARTS) is 1. The molecule has 0 saturated heterocycles. The topological polar surface area (TPSA) is 93.5 Å². The number of ether oxygens (including phenoxy) is 1. The fourth-order valence-corrected chi connectivity index (χ4v) is 4.26. The third-order valence-corrected chi connectivity index (χ3v) is 6.34. The van der Waals surface area contributed by atoms with Crippen molar-refractivity contribution in [1.82, 2.24) is 15.1 Å². The van der Waals surface area contributed by atoms with Crippen molar-refractivity contribution in [2.75, 3.05) is 7.11 Å². The second-order valence-corrected chi connectivity index (χ2v) is 8.62. The first-order valence-corrected chi connectivity index (χ1v) is 12.0. The monoisotopic (exact) mass is 501 g/mol. The number of nitrogens with zero attached hydrogens (tertiary/aromatic N) is 2. The lowest BCUT2D eigenvalue weighted by atomic mass is 9.87. The van der Waals surface area contributed by atoms with E-state index in [1.54, 1.807) is 61.2 Å². The number of methoxy groups -OCH3 is 1. The fraction of sp³-hybridized carbons (Fsp3) is 0.207. The van der Waals surface area contributed by atoms with Gasteiger partial charge in [-0.15, -0.1) is 0 Å². The summed E-state index contributed by atoms with van der Waals surface area (Å²) in [5.74, 6) is -1.15. The number of carbonyl (C=O) groups is 2. The zero-order chi connectivity index (χ0) is 26.4. The first-order chi connectivity index (χ1) is 17.9. The Balaban J connectivity index is 1.58. The Hall–Kier alpha value is -4.46. The molecule has 0 unspecified atom stereocenters. The molecule has 0 aliphatic rings. The second-order valence-electron chi connectivity index (χ2n) is 8.62. The Bertz CT molecular complexity index is 1370. The maximum atomic E-state index is 13.5. The molecule has 0 aliphatic heterocycles. The largest absolute Gasteiger partial charge is 0.497 e. The standard InChI is InChI=1S/C29H28FN3O4/c1-3-29(28(35)36,21-7-5-4-6-8-21)31-27(34)18-13-23-19-26(20-9-11-22(30)12-10-20)33(32-23)24-14-16-25(37-2)17-15-24/h4-12,14-17,19H,3,13,18H2,1-2H3,(H,31,34)(H,35,36)/t29-/m1/s1. The number of amides is 1. The van der Waals surface area contributed by atoms with Gasteiger partial charge in [-0.3, -0.25) is 4.79 Å². The van der Waals surface area contributed by atoms with Crippen molar-refractivity contribution in [3.05, 3.63) is 102 Å². The van der Waals surface area contributed by atoms with Crippen LogP contribution in [0.15, 0.2) is 84.9 Å². The summed E-state index contributed by atoms with van der Waals surface area (Å²) in [6, 6.07) is 24.0. The lowest BCUT2D eigenvalue weighted by Crippen LogP contribution is -2.51. The van der Waals surface area contributed by atoms with Gasteiger partial charge in [0.15, 0.2) is 5.54 Å². The smallest absolute Gasteiger partial charge is 0.334 e. The zero-order valence-corrected chi connectivity index (χ0v) is 20.6. The summed E-state index contributed by atoms with van der Waals surface area (Å²) < 4.78 is 20.5.